The molecule has 0 atom stereocenters. The molecule has 0 aliphatic heterocycles. The average molecular weight is 363 g/mol. The Labute approximate surface area is 113 Å². The summed E-state index contributed by atoms with van der Waals surface area (Å²) in [5.74, 6) is 0.293. The molecule has 0 bridgehead atoms. The van der Waals surface area contributed by atoms with Crippen molar-refractivity contribution in [1.29, 1.82) is 0 Å². The number of rotatable bonds is 3. The van der Waals surface area contributed by atoms with Crippen molar-refractivity contribution >= 4 is 38.4 Å². The van der Waals surface area contributed by atoms with Crippen molar-refractivity contribution in [3.05, 3.63) is 39.6 Å². The summed E-state index contributed by atoms with van der Waals surface area (Å²) in [7, 11) is -3.55. The molecule has 1 heterocycles. The number of aryl methyl sites for hydroxylation is 1. The topological polar surface area (TPSA) is 74.8 Å². The number of nitrogens with zero attached hydrogens (tertiary/aromatic N) is 1. The molecule has 0 spiro atoms. The monoisotopic (exact) mass is 363 g/mol. The van der Waals surface area contributed by atoms with Gasteiger partial charge in [0.05, 0.1) is 4.90 Å². The summed E-state index contributed by atoms with van der Waals surface area (Å²) in [5, 5.41) is 6.50. The van der Waals surface area contributed by atoms with Crippen LogP contribution >= 0.6 is 22.6 Å². The van der Waals surface area contributed by atoms with Gasteiger partial charge in [0.15, 0.2) is 5.82 Å². The van der Waals surface area contributed by atoms with E-state index < -0.39 is 10.0 Å². The van der Waals surface area contributed by atoms with Crippen LogP contribution < -0.4 is 4.72 Å². The SMILES string of the molecule is Cc1cc(NS(=O)(=O)c2ccc(I)cc2)n[nH]1. The second-order valence-electron chi connectivity index (χ2n) is 3.50. The highest BCUT2D eigenvalue weighted by atomic mass is 127. The molecule has 5 nitrogen and oxygen atoms in total. The second kappa shape index (κ2) is 4.65. The molecule has 0 fully saturated rings. The standard InChI is InChI=1S/C10H10IN3O2S/c1-7-6-10(13-12-7)14-17(15,16)9-4-2-8(11)3-5-9/h2-6H,1H3,(H2,12,13,14). The predicted octanol–water partition coefficient (Wildman–Crippen LogP) is 2.12. The van der Waals surface area contributed by atoms with Crippen molar-refractivity contribution in [2.45, 2.75) is 11.8 Å². The van der Waals surface area contributed by atoms with Crippen LogP contribution in [0.2, 0.25) is 0 Å². The number of anilines is 1. The van der Waals surface area contributed by atoms with Gasteiger partial charge in [-0.05, 0) is 53.8 Å². The molecule has 0 radical (unpaired) electrons. The highest BCUT2D eigenvalue weighted by Gasteiger charge is 2.14. The molecule has 90 valence electrons. The predicted molar refractivity (Wildman–Crippen MR) is 73.3 cm³/mol. The van der Waals surface area contributed by atoms with Gasteiger partial charge < -0.3 is 0 Å². The van der Waals surface area contributed by atoms with E-state index in [0.29, 0.717) is 5.82 Å². The first-order valence-electron chi connectivity index (χ1n) is 4.78. The van der Waals surface area contributed by atoms with Crippen molar-refractivity contribution in [2.24, 2.45) is 0 Å². The Morgan fingerprint density at radius 1 is 1.29 bits per heavy atom. The van der Waals surface area contributed by atoms with Gasteiger partial charge in [0.1, 0.15) is 0 Å². The van der Waals surface area contributed by atoms with Gasteiger partial charge in [-0.15, -0.1) is 0 Å². The lowest BCUT2D eigenvalue weighted by atomic mass is 10.4. The molecular weight excluding hydrogens is 353 g/mol. The second-order valence-corrected chi connectivity index (χ2v) is 6.42. The van der Waals surface area contributed by atoms with E-state index in [-0.39, 0.29) is 4.90 Å². The fraction of sp³-hybridized carbons (Fsp3) is 0.100. The zero-order valence-electron chi connectivity index (χ0n) is 8.94. The van der Waals surface area contributed by atoms with Crippen LogP contribution in [0.1, 0.15) is 5.69 Å². The molecule has 1 aromatic carbocycles. The Bertz CT molecular complexity index is 619. The summed E-state index contributed by atoms with van der Waals surface area (Å²) in [6.07, 6.45) is 0. The Hall–Kier alpha value is -1.09. The van der Waals surface area contributed by atoms with Gasteiger partial charge in [-0.3, -0.25) is 9.82 Å². The number of halogens is 1. The Kier molecular flexibility index (Phi) is 3.38. The number of nitrogens with one attached hydrogen (secondary N) is 2. The smallest absolute Gasteiger partial charge is 0.263 e. The number of aromatic nitrogens is 2. The van der Waals surface area contributed by atoms with Gasteiger partial charge in [0.2, 0.25) is 0 Å². The molecule has 1 aromatic heterocycles. The van der Waals surface area contributed by atoms with Gasteiger partial charge >= 0.3 is 0 Å². The van der Waals surface area contributed by atoms with Crippen LogP contribution in [0.15, 0.2) is 35.2 Å². The molecule has 0 unspecified atom stereocenters. The number of sulfonamides is 1. The lowest BCUT2D eigenvalue weighted by Crippen LogP contribution is -2.13. The minimum Gasteiger partial charge on any atom is -0.281 e. The van der Waals surface area contributed by atoms with E-state index in [1.807, 2.05) is 0 Å². The third-order valence-corrected chi connectivity index (χ3v) is 4.16. The molecule has 0 saturated carbocycles. The molecule has 0 aliphatic rings. The summed E-state index contributed by atoms with van der Waals surface area (Å²) in [4.78, 5) is 0.221. The first-order chi connectivity index (χ1) is 7.97. The number of aromatic amines is 1. The van der Waals surface area contributed by atoms with Crippen LogP contribution in [0.3, 0.4) is 0 Å². The third kappa shape index (κ3) is 2.97. The van der Waals surface area contributed by atoms with Crippen molar-refractivity contribution in [3.63, 3.8) is 0 Å². The minimum absolute atomic E-state index is 0.221. The highest BCUT2D eigenvalue weighted by Crippen LogP contribution is 2.16. The van der Waals surface area contributed by atoms with E-state index in [0.717, 1.165) is 9.26 Å². The number of hydrogen-bond donors (Lipinski definition) is 2. The Morgan fingerprint density at radius 2 is 1.94 bits per heavy atom. The van der Waals surface area contributed by atoms with Crippen molar-refractivity contribution in [2.75, 3.05) is 4.72 Å². The summed E-state index contributed by atoms with van der Waals surface area (Å²) in [5.41, 5.74) is 0.797. The maximum atomic E-state index is 12.0. The van der Waals surface area contributed by atoms with Crippen molar-refractivity contribution in [3.8, 4) is 0 Å². The van der Waals surface area contributed by atoms with Gasteiger partial charge in [0, 0.05) is 15.3 Å². The lowest BCUT2D eigenvalue weighted by molar-refractivity contribution is 0.601. The van der Waals surface area contributed by atoms with E-state index >= 15 is 0 Å². The number of benzene rings is 1. The van der Waals surface area contributed by atoms with Crippen LogP contribution in [0.5, 0.6) is 0 Å². The zero-order valence-corrected chi connectivity index (χ0v) is 11.9. The zero-order chi connectivity index (χ0) is 12.5. The molecule has 7 heteroatoms. The van der Waals surface area contributed by atoms with Gasteiger partial charge in [-0.2, -0.15) is 5.10 Å². The highest BCUT2D eigenvalue weighted by molar-refractivity contribution is 14.1. The number of H-pyrrole nitrogens is 1. The van der Waals surface area contributed by atoms with Crippen LogP contribution in [0.4, 0.5) is 5.82 Å². The molecule has 2 N–H and O–H groups in total. The van der Waals surface area contributed by atoms with Gasteiger partial charge in [-0.1, -0.05) is 0 Å². The van der Waals surface area contributed by atoms with E-state index in [4.69, 9.17) is 0 Å². The summed E-state index contributed by atoms with van der Waals surface area (Å²) < 4.78 is 27.3. The van der Waals surface area contributed by atoms with E-state index in [9.17, 15) is 8.42 Å². The van der Waals surface area contributed by atoms with Crippen LogP contribution in [-0.4, -0.2) is 18.6 Å². The summed E-state index contributed by atoms with van der Waals surface area (Å²) in [6.45, 7) is 1.80. The van der Waals surface area contributed by atoms with Gasteiger partial charge in [-0.25, -0.2) is 8.42 Å². The van der Waals surface area contributed by atoms with E-state index in [1.165, 1.54) is 0 Å². The molecular formula is C10H10IN3O2S. The van der Waals surface area contributed by atoms with Crippen LogP contribution in [-0.2, 0) is 10.0 Å². The van der Waals surface area contributed by atoms with Crippen LogP contribution in [0.25, 0.3) is 0 Å². The number of hydrogen-bond acceptors (Lipinski definition) is 3. The third-order valence-electron chi connectivity index (χ3n) is 2.07. The lowest BCUT2D eigenvalue weighted by Gasteiger charge is -2.04. The first-order valence-corrected chi connectivity index (χ1v) is 7.34. The summed E-state index contributed by atoms with van der Waals surface area (Å²) >= 11 is 2.12. The maximum Gasteiger partial charge on any atom is 0.263 e. The fourth-order valence-corrected chi connectivity index (χ4v) is 2.63. The summed E-state index contributed by atoms with van der Waals surface area (Å²) in [6, 6.07) is 8.23. The fourth-order valence-electron chi connectivity index (χ4n) is 1.28. The molecule has 17 heavy (non-hydrogen) atoms. The normalized spacial score (nSPS) is 11.4. The molecule has 2 rings (SSSR count). The quantitative estimate of drug-likeness (QED) is 0.821. The molecule has 2 aromatic rings. The molecule has 0 aliphatic carbocycles. The van der Waals surface area contributed by atoms with Gasteiger partial charge in [0.25, 0.3) is 10.0 Å². The molecule has 0 amide bonds. The largest absolute Gasteiger partial charge is 0.281 e. The first kappa shape index (κ1) is 12.4. The van der Waals surface area contributed by atoms with Crippen molar-refractivity contribution < 1.29 is 8.42 Å². The minimum atomic E-state index is -3.55. The van der Waals surface area contributed by atoms with E-state index in [2.05, 4.69) is 37.5 Å². The molecule has 0 saturated heterocycles. The Morgan fingerprint density at radius 3 is 2.47 bits per heavy atom. The van der Waals surface area contributed by atoms with Crippen LogP contribution in [0, 0.1) is 10.5 Å². The Balaban J connectivity index is 2.28. The van der Waals surface area contributed by atoms with Crippen molar-refractivity contribution in [1.82, 2.24) is 10.2 Å². The van der Waals surface area contributed by atoms with E-state index in [1.54, 1.807) is 37.3 Å². The average Bonchev–Trinajstić information content (AvgIpc) is 2.63. The maximum absolute atomic E-state index is 12.0.